The van der Waals surface area contributed by atoms with Crippen LogP contribution >= 0.6 is 28.1 Å². The van der Waals surface area contributed by atoms with Crippen molar-refractivity contribution in [2.75, 3.05) is 5.32 Å². The SMILES string of the molecule is N#Cc1cccc(NC(=S)NCc2ccccc2Br)c1. The van der Waals surface area contributed by atoms with Gasteiger partial charge in [0, 0.05) is 16.7 Å². The molecule has 0 bridgehead atoms. The summed E-state index contributed by atoms with van der Waals surface area (Å²) >= 11 is 8.73. The lowest BCUT2D eigenvalue weighted by Gasteiger charge is -2.11. The molecule has 0 aliphatic rings. The van der Waals surface area contributed by atoms with E-state index in [0.29, 0.717) is 17.2 Å². The molecule has 0 fully saturated rings. The van der Waals surface area contributed by atoms with E-state index in [1.165, 1.54) is 0 Å². The first kappa shape index (κ1) is 14.5. The summed E-state index contributed by atoms with van der Waals surface area (Å²) < 4.78 is 1.04. The maximum atomic E-state index is 8.85. The van der Waals surface area contributed by atoms with Crippen LogP contribution in [0.2, 0.25) is 0 Å². The highest BCUT2D eigenvalue weighted by Crippen LogP contribution is 2.15. The molecule has 0 amide bonds. The van der Waals surface area contributed by atoms with Crippen molar-refractivity contribution in [3.63, 3.8) is 0 Å². The Labute approximate surface area is 131 Å². The van der Waals surface area contributed by atoms with E-state index in [0.717, 1.165) is 15.7 Å². The summed E-state index contributed by atoms with van der Waals surface area (Å²) in [6.07, 6.45) is 0. The first-order chi connectivity index (χ1) is 9.69. The average molecular weight is 346 g/mol. The van der Waals surface area contributed by atoms with Crippen molar-refractivity contribution < 1.29 is 0 Å². The van der Waals surface area contributed by atoms with Crippen molar-refractivity contribution in [2.24, 2.45) is 0 Å². The minimum atomic E-state index is 0.524. The third-order valence-corrected chi connectivity index (χ3v) is 3.67. The van der Waals surface area contributed by atoms with Gasteiger partial charge >= 0.3 is 0 Å². The van der Waals surface area contributed by atoms with Crippen molar-refractivity contribution >= 4 is 38.9 Å². The Morgan fingerprint density at radius 2 is 2.00 bits per heavy atom. The predicted octanol–water partition coefficient (Wildman–Crippen LogP) is 3.81. The minimum Gasteiger partial charge on any atom is -0.358 e. The number of nitrogens with zero attached hydrogens (tertiary/aromatic N) is 1. The number of thiocarbonyl (C=S) groups is 1. The van der Waals surface area contributed by atoms with Gasteiger partial charge in [0.1, 0.15) is 0 Å². The Morgan fingerprint density at radius 3 is 2.75 bits per heavy atom. The van der Waals surface area contributed by atoms with E-state index < -0.39 is 0 Å². The molecule has 0 heterocycles. The lowest BCUT2D eigenvalue weighted by molar-refractivity contribution is 0.920. The Hall–Kier alpha value is -1.90. The maximum Gasteiger partial charge on any atom is 0.171 e. The molecule has 2 rings (SSSR count). The Kier molecular flexibility index (Phi) is 5.10. The molecule has 0 saturated carbocycles. The van der Waals surface area contributed by atoms with Crippen LogP contribution in [0.3, 0.4) is 0 Å². The zero-order chi connectivity index (χ0) is 14.4. The molecule has 2 N–H and O–H groups in total. The van der Waals surface area contributed by atoms with E-state index in [9.17, 15) is 0 Å². The molecule has 0 unspecified atom stereocenters. The number of anilines is 1. The van der Waals surface area contributed by atoms with Gasteiger partial charge in [-0.25, -0.2) is 0 Å². The quantitative estimate of drug-likeness (QED) is 0.830. The van der Waals surface area contributed by atoms with Gasteiger partial charge in [0.05, 0.1) is 11.6 Å². The summed E-state index contributed by atoms with van der Waals surface area (Å²) in [5.41, 5.74) is 2.53. The molecule has 100 valence electrons. The molecule has 0 saturated heterocycles. The number of nitriles is 1. The number of hydrogen-bond acceptors (Lipinski definition) is 2. The average Bonchev–Trinajstić information content (AvgIpc) is 2.46. The largest absolute Gasteiger partial charge is 0.358 e. The van der Waals surface area contributed by atoms with Crippen LogP contribution < -0.4 is 10.6 Å². The molecule has 3 nitrogen and oxygen atoms in total. The van der Waals surface area contributed by atoms with Gasteiger partial charge in [0.25, 0.3) is 0 Å². The van der Waals surface area contributed by atoms with E-state index in [1.807, 2.05) is 36.4 Å². The van der Waals surface area contributed by atoms with Crippen molar-refractivity contribution in [3.05, 3.63) is 64.1 Å². The van der Waals surface area contributed by atoms with E-state index in [1.54, 1.807) is 12.1 Å². The van der Waals surface area contributed by atoms with Crippen molar-refractivity contribution in [1.82, 2.24) is 5.32 Å². The summed E-state index contributed by atoms with van der Waals surface area (Å²) in [7, 11) is 0. The highest BCUT2D eigenvalue weighted by atomic mass is 79.9. The van der Waals surface area contributed by atoms with Crippen LogP contribution in [-0.2, 0) is 6.54 Å². The smallest absolute Gasteiger partial charge is 0.171 e. The fraction of sp³-hybridized carbons (Fsp3) is 0.0667. The molecule has 0 aliphatic carbocycles. The van der Waals surface area contributed by atoms with Gasteiger partial charge in [-0.1, -0.05) is 40.2 Å². The molecule has 20 heavy (non-hydrogen) atoms. The van der Waals surface area contributed by atoms with Gasteiger partial charge in [-0.05, 0) is 42.0 Å². The zero-order valence-corrected chi connectivity index (χ0v) is 13.0. The monoisotopic (exact) mass is 345 g/mol. The standard InChI is InChI=1S/C15H12BrN3S/c16-14-7-2-1-5-12(14)10-18-15(20)19-13-6-3-4-11(8-13)9-17/h1-8H,10H2,(H2,18,19,20). The topological polar surface area (TPSA) is 47.9 Å². The molecular weight excluding hydrogens is 334 g/mol. The molecule has 5 heteroatoms. The van der Waals surface area contributed by atoms with Gasteiger partial charge in [-0.3, -0.25) is 0 Å². The van der Waals surface area contributed by atoms with Crippen LogP contribution in [0.5, 0.6) is 0 Å². The third-order valence-electron chi connectivity index (χ3n) is 2.65. The van der Waals surface area contributed by atoms with E-state index in [4.69, 9.17) is 17.5 Å². The molecule has 2 aromatic rings. The Bertz CT molecular complexity index is 664. The zero-order valence-electron chi connectivity index (χ0n) is 10.6. The van der Waals surface area contributed by atoms with E-state index in [2.05, 4.69) is 32.6 Å². The highest BCUT2D eigenvalue weighted by Gasteiger charge is 2.01. The molecule has 0 aromatic heterocycles. The van der Waals surface area contributed by atoms with Crippen molar-refractivity contribution in [1.29, 1.82) is 5.26 Å². The molecule has 0 aliphatic heterocycles. The van der Waals surface area contributed by atoms with Crippen LogP contribution in [0.4, 0.5) is 5.69 Å². The van der Waals surface area contributed by atoms with Gasteiger partial charge in [-0.15, -0.1) is 0 Å². The van der Waals surface area contributed by atoms with Gasteiger partial charge in [0.15, 0.2) is 5.11 Å². The minimum absolute atomic E-state index is 0.524. The number of benzene rings is 2. The lowest BCUT2D eigenvalue weighted by Crippen LogP contribution is -2.28. The van der Waals surface area contributed by atoms with Crippen LogP contribution in [-0.4, -0.2) is 5.11 Å². The first-order valence-electron chi connectivity index (χ1n) is 5.97. The third kappa shape index (κ3) is 4.05. The Morgan fingerprint density at radius 1 is 1.20 bits per heavy atom. The summed E-state index contributed by atoms with van der Waals surface area (Å²) in [5, 5.41) is 15.6. The van der Waals surface area contributed by atoms with Gasteiger partial charge in [-0.2, -0.15) is 5.26 Å². The normalized spacial score (nSPS) is 9.60. The molecule has 2 aromatic carbocycles. The van der Waals surface area contributed by atoms with Gasteiger partial charge in [0.2, 0.25) is 0 Å². The van der Waals surface area contributed by atoms with Crippen molar-refractivity contribution in [3.8, 4) is 6.07 Å². The summed E-state index contributed by atoms with van der Waals surface area (Å²) in [6, 6.07) is 17.3. The second kappa shape index (κ2) is 7.04. The van der Waals surface area contributed by atoms with E-state index in [-0.39, 0.29) is 0 Å². The molecule has 0 radical (unpaired) electrons. The van der Waals surface area contributed by atoms with Crippen LogP contribution in [0.1, 0.15) is 11.1 Å². The number of hydrogen-bond donors (Lipinski definition) is 2. The summed E-state index contributed by atoms with van der Waals surface area (Å²) in [6.45, 7) is 0.630. The predicted molar refractivity (Wildman–Crippen MR) is 88.4 cm³/mol. The number of nitrogens with one attached hydrogen (secondary N) is 2. The van der Waals surface area contributed by atoms with Crippen LogP contribution in [0.15, 0.2) is 53.0 Å². The first-order valence-corrected chi connectivity index (χ1v) is 7.17. The molecular formula is C15H12BrN3S. The van der Waals surface area contributed by atoms with Crippen molar-refractivity contribution in [2.45, 2.75) is 6.54 Å². The van der Waals surface area contributed by atoms with Crippen LogP contribution in [0.25, 0.3) is 0 Å². The second-order valence-corrected chi connectivity index (χ2v) is 5.35. The fourth-order valence-electron chi connectivity index (χ4n) is 1.66. The fourth-order valence-corrected chi connectivity index (χ4v) is 2.27. The summed E-state index contributed by atoms with van der Waals surface area (Å²) in [4.78, 5) is 0. The maximum absolute atomic E-state index is 8.85. The lowest BCUT2D eigenvalue weighted by atomic mass is 10.2. The second-order valence-electron chi connectivity index (χ2n) is 4.09. The van der Waals surface area contributed by atoms with Gasteiger partial charge < -0.3 is 10.6 Å². The Balaban J connectivity index is 1.93. The highest BCUT2D eigenvalue weighted by molar-refractivity contribution is 9.10. The number of rotatable bonds is 3. The molecule has 0 atom stereocenters. The van der Waals surface area contributed by atoms with Crippen LogP contribution in [0, 0.1) is 11.3 Å². The summed E-state index contributed by atoms with van der Waals surface area (Å²) in [5.74, 6) is 0. The number of halogens is 1. The molecule has 0 spiro atoms. The van der Waals surface area contributed by atoms with E-state index >= 15 is 0 Å².